The van der Waals surface area contributed by atoms with Gasteiger partial charge in [0.25, 0.3) is 12.3 Å². The molecule has 0 spiro atoms. The largest absolute Gasteiger partial charge is 0.470 e. The standard InChI is InChI=1S/C24H26F2N6O4/c25-21(26)22-27-16-4-1-2-5-17(16)32(22)19-12-20(29-24(28-19)30-7-10-34-11-8-30)36-15-13-31(14-15)23(33)18-6-3-9-35-18/h1-2,4-5,12,15,18,21H,3,6-11,13-14H2/t18-/m0/s1. The Morgan fingerprint density at radius 3 is 2.64 bits per heavy atom. The second kappa shape index (κ2) is 9.58. The predicted octanol–water partition coefficient (Wildman–Crippen LogP) is 2.36. The highest BCUT2D eigenvalue weighted by Crippen LogP contribution is 2.30. The van der Waals surface area contributed by atoms with Crippen LogP contribution in [0.25, 0.3) is 16.9 Å². The molecule has 0 bridgehead atoms. The monoisotopic (exact) mass is 500 g/mol. The third-order valence-corrected chi connectivity index (χ3v) is 6.63. The van der Waals surface area contributed by atoms with E-state index in [-0.39, 0.29) is 29.8 Å². The molecule has 5 heterocycles. The minimum atomic E-state index is -2.80. The normalized spacial score (nSPS) is 20.8. The number of hydrogen-bond donors (Lipinski definition) is 0. The maximum absolute atomic E-state index is 14.0. The molecule has 3 aromatic rings. The van der Waals surface area contributed by atoms with Gasteiger partial charge in [0.2, 0.25) is 11.8 Å². The number of imidazole rings is 1. The Labute approximate surface area is 205 Å². The molecule has 6 rings (SSSR count). The highest BCUT2D eigenvalue weighted by molar-refractivity contribution is 5.82. The fourth-order valence-corrected chi connectivity index (χ4v) is 4.75. The van der Waals surface area contributed by atoms with E-state index in [2.05, 4.69) is 15.0 Å². The van der Waals surface area contributed by atoms with E-state index in [1.165, 1.54) is 4.57 Å². The Morgan fingerprint density at radius 2 is 1.89 bits per heavy atom. The number of hydrogen-bond acceptors (Lipinski definition) is 8. The van der Waals surface area contributed by atoms with Crippen LogP contribution in [-0.2, 0) is 14.3 Å². The van der Waals surface area contributed by atoms with Gasteiger partial charge in [-0.1, -0.05) is 12.1 Å². The Hall–Kier alpha value is -3.38. The molecule has 0 unspecified atom stereocenters. The Balaban J connectivity index is 1.31. The first-order valence-corrected chi connectivity index (χ1v) is 12.1. The van der Waals surface area contributed by atoms with Crippen LogP contribution in [0, 0.1) is 0 Å². The molecule has 0 aliphatic carbocycles. The molecule has 3 aliphatic heterocycles. The van der Waals surface area contributed by atoms with E-state index in [9.17, 15) is 13.6 Å². The quantitative estimate of drug-likeness (QED) is 0.509. The summed E-state index contributed by atoms with van der Waals surface area (Å²) in [6.45, 7) is 3.63. The molecule has 1 atom stereocenters. The van der Waals surface area contributed by atoms with Gasteiger partial charge >= 0.3 is 0 Å². The molecule has 36 heavy (non-hydrogen) atoms. The SMILES string of the molecule is O=C([C@@H]1CCCO1)N1CC(Oc2cc(-n3c(C(F)F)nc4ccccc43)nc(N3CCOCC3)n2)C1. The van der Waals surface area contributed by atoms with Gasteiger partial charge in [-0.25, -0.2) is 13.8 Å². The van der Waals surface area contributed by atoms with Gasteiger partial charge in [-0.2, -0.15) is 9.97 Å². The number of carbonyl (C=O) groups is 1. The Morgan fingerprint density at radius 1 is 1.08 bits per heavy atom. The summed E-state index contributed by atoms with van der Waals surface area (Å²) in [5, 5.41) is 0. The molecule has 3 aliphatic rings. The average Bonchev–Trinajstić information content (AvgIpc) is 3.54. The number of ether oxygens (including phenoxy) is 3. The van der Waals surface area contributed by atoms with Crippen molar-refractivity contribution in [1.82, 2.24) is 24.4 Å². The third-order valence-electron chi connectivity index (χ3n) is 6.63. The van der Waals surface area contributed by atoms with Crippen molar-refractivity contribution in [1.29, 1.82) is 0 Å². The van der Waals surface area contributed by atoms with Gasteiger partial charge in [0.1, 0.15) is 18.0 Å². The van der Waals surface area contributed by atoms with E-state index < -0.39 is 12.2 Å². The van der Waals surface area contributed by atoms with Gasteiger partial charge in [-0.05, 0) is 25.0 Å². The van der Waals surface area contributed by atoms with Crippen LogP contribution in [0.1, 0.15) is 25.1 Å². The summed E-state index contributed by atoms with van der Waals surface area (Å²) in [5.74, 6) is 0.461. The number of likely N-dealkylation sites (tertiary alicyclic amines) is 1. The summed E-state index contributed by atoms with van der Waals surface area (Å²) in [6, 6.07) is 8.49. The van der Waals surface area contributed by atoms with E-state index in [4.69, 9.17) is 14.2 Å². The summed E-state index contributed by atoms with van der Waals surface area (Å²) in [7, 11) is 0. The lowest BCUT2D eigenvalue weighted by molar-refractivity contribution is -0.149. The van der Waals surface area contributed by atoms with Crippen LogP contribution >= 0.6 is 0 Å². The first kappa shape index (κ1) is 23.0. The zero-order chi connectivity index (χ0) is 24.6. The van der Waals surface area contributed by atoms with E-state index in [1.807, 2.05) is 4.90 Å². The van der Waals surface area contributed by atoms with Crippen LogP contribution in [0.3, 0.4) is 0 Å². The van der Waals surface area contributed by atoms with Gasteiger partial charge in [0.05, 0.1) is 37.3 Å². The average molecular weight is 501 g/mol. The Bertz CT molecular complexity index is 1250. The molecule has 1 amide bonds. The van der Waals surface area contributed by atoms with E-state index >= 15 is 0 Å². The zero-order valence-electron chi connectivity index (χ0n) is 19.6. The molecule has 0 saturated carbocycles. The van der Waals surface area contributed by atoms with Crippen LogP contribution in [0.4, 0.5) is 14.7 Å². The minimum Gasteiger partial charge on any atom is -0.470 e. The maximum Gasteiger partial charge on any atom is 0.296 e. The van der Waals surface area contributed by atoms with Crippen molar-refractivity contribution in [3.05, 3.63) is 36.2 Å². The smallest absolute Gasteiger partial charge is 0.296 e. The van der Waals surface area contributed by atoms with Crippen LogP contribution in [-0.4, -0.2) is 88.5 Å². The van der Waals surface area contributed by atoms with Crippen molar-refractivity contribution < 1.29 is 27.8 Å². The lowest BCUT2D eigenvalue weighted by Crippen LogP contribution is -2.58. The lowest BCUT2D eigenvalue weighted by Gasteiger charge is -2.39. The number of amides is 1. The fraction of sp³-hybridized carbons (Fsp3) is 0.500. The highest BCUT2D eigenvalue weighted by Gasteiger charge is 2.38. The van der Waals surface area contributed by atoms with E-state index in [1.54, 1.807) is 35.2 Å². The second-order valence-electron chi connectivity index (χ2n) is 9.04. The van der Waals surface area contributed by atoms with Gasteiger partial charge < -0.3 is 24.0 Å². The number of morpholine rings is 1. The molecular weight excluding hydrogens is 474 g/mol. The molecule has 10 nitrogen and oxygen atoms in total. The minimum absolute atomic E-state index is 0.0174. The van der Waals surface area contributed by atoms with Gasteiger partial charge in [0.15, 0.2) is 5.82 Å². The first-order valence-electron chi connectivity index (χ1n) is 12.1. The van der Waals surface area contributed by atoms with Gasteiger partial charge in [-0.3, -0.25) is 9.36 Å². The molecular formula is C24H26F2N6O4. The number of fused-ring (bicyclic) bond motifs is 1. The third kappa shape index (κ3) is 4.35. The van der Waals surface area contributed by atoms with Crippen molar-refractivity contribution >= 4 is 22.9 Å². The molecule has 0 radical (unpaired) electrons. The summed E-state index contributed by atoms with van der Waals surface area (Å²) >= 11 is 0. The summed E-state index contributed by atoms with van der Waals surface area (Å²) in [4.78, 5) is 29.5. The van der Waals surface area contributed by atoms with Crippen LogP contribution in [0.15, 0.2) is 30.3 Å². The number of benzene rings is 1. The fourth-order valence-electron chi connectivity index (χ4n) is 4.75. The van der Waals surface area contributed by atoms with Crippen molar-refractivity contribution in [2.24, 2.45) is 0 Å². The topological polar surface area (TPSA) is 94.8 Å². The Kier molecular flexibility index (Phi) is 6.13. The van der Waals surface area contributed by atoms with Crippen LogP contribution in [0.5, 0.6) is 5.88 Å². The van der Waals surface area contributed by atoms with E-state index in [0.29, 0.717) is 63.0 Å². The number of halogens is 2. The van der Waals surface area contributed by atoms with Crippen LogP contribution < -0.4 is 9.64 Å². The summed E-state index contributed by atoms with van der Waals surface area (Å²) < 4.78 is 46.4. The first-order chi connectivity index (χ1) is 17.6. The van der Waals surface area contributed by atoms with Crippen molar-refractivity contribution in [3.63, 3.8) is 0 Å². The lowest BCUT2D eigenvalue weighted by atomic mass is 10.1. The number of aromatic nitrogens is 4. The molecule has 1 aromatic carbocycles. The molecule has 2 aromatic heterocycles. The molecule has 3 fully saturated rings. The molecule has 190 valence electrons. The summed E-state index contributed by atoms with van der Waals surface area (Å²) in [5.41, 5.74) is 0.964. The summed E-state index contributed by atoms with van der Waals surface area (Å²) in [6.07, 6.45) is -1.80. The number of anilines is 1. The van der Waals surface area contributed by atoms with Crippen molar-refractivity contribution in [2.75, 3.05) is 50.9 Å². The highest BCUT2D eigenvalue weighted by atomic mass is 19.3. The molecule has 12 heteroatoms. The van der Waals surface area contributed by atoms with E-state index in [0.717, 1.165) is 12.8 Å². The van der Waals surface area contributed by atoms with Gasteiger partial charge in [-0.15, -0.1) is 0 Å². The van der Waals surface area contributed by atoms with Crippen molar-refractivity contribution in [3.8, 4) is 11.7 Å². The van der Waals surface area contributed by atoms with Crippen molar-refractivity contribution in [2.45, 2.75) is 31.5 Å². The maximum atomic E-state index is 14.0. The van der Waals surface area contributed by atoms with Gasteiger partial charge in [0, 0.05) is 25.8 Å². The number of rotatable bonds is 6. The number of para-hydroxylation sites is 2. The predicted molar refractivity (Wildman–Crippen MR) is 125 cm³/mol. The number of alkyl halides is 2. The molecule has 0 N–H and O–H groups in total. The molecule has 3 saturated heterocycles. The zero-order valence-corrected chi connectivity index (χ0v) is 19.6. The van der Waals surface area contributed by atoms with Crippen LogP contribution in [0.2, 0.25) is 0 Å². The second-order valence-corrected chi connectivity index (χ2v) is 9.04. The number of carbonyl (C=O) groups excluding carboxylic acids is 1. The number of nitrogens with zero attached hydrogens (tertiary/aromatic N) is 6.